The molecule has 80 valence electrons. The summed E-state index contributed by atoms with van der Waals surface area (Å²) in [5, 5.41) is 11.5. The van der Waals surface area contributed by atoms with E-state index in [1.165, 1.54) is 0 Å². The Hall–Kier alpha value is -0.260. The molecule has 0 bridgehead atoms. The zero-order chi connectivity index (χ0) is 10.3. The molecule has 13 heavy (non-hydrogen) atoms. The maximum absolute atomic E-state index is 11.8. The predicted octanol–water partition coefficient (Wildman–Crippen LogP) is 0.484. The van der Waals surface area contributed by atoms with Crippen LogP contribution in [0.2, 0.25) is 0 Å². The fourth-order valence-electron chi connectivity index (χ4n) is 0.910. The van der Waals surface area contributed by atoms with Crippen molar-refractivity contribution in [2.24, 2.45) is 5.92 Å². The molecule has 0 spiro atoms. The van der Waals surface area contributed by atoms with Crippen LogP contribution in [0.3, 0.4) is 0 Å². The number of aliphatic hydroxyl groups excluding tert-OH is 1. The van der Waals surface area contributed by atoms with Crippen LogP contribution in [-0.2, 0) is 4.74 Å². The van der Waals surface area contributed by atoms with Crippen LogP contribution < -0.4 is 5.32 Å². The minimum atomic E-state index is -2.68. The Labute approximate surface area is 77.1 Å². The van der Waals surface area contributed by atoms with Crippen molar-refractivity contribution in [2.75, 3.05) is 26.8 Å². The fraction of sp³-hybridized carbons (Fsp3) is 1.00. The van der Waals surface area contributed by atoms with Crippen LogP contribution >= 0.6 is 0 Å². The van der Waals surface area contributed by atoms with Gasteiger partial charge in [0.25, 0.3) is 6.43 Å². The summed E-state index contributed by atoms with van der Waals surface area (Å²) in [7, 11) is 1.59. The summed E-state index contributed by atoms with van der Waals surface area (Å²) in [6.07, 6.45) is -4.25. The number of aliphatic hydroxyl groups is 1. The lowest BCUT2D eigenvalue weighted by atomic mass is 10.2. The SMILES string of the molecule is COCC(C)CNCC(O)C(F)F. The number of nitrogens with one attached hydrogen (secondary N) is 1. The largest absolute Gasteiger partial charge is 0.386 e. The summed E-state index contributed by atoms with van der Waals surface area (Å²) in [4.78, 5) is 0. The third kappa shape index (κ3) is 6.86. The predicted molar refractivity (Wildman–Crippen MR) is 45.9 cm³/mol. The topological polar surface area (TPSA) is 41.5 Å². The minimum absolute atomic E-state index is 0.0777. The Bertz CT molecular complexity index is 125. The molecule has 0 saturated carbocycles. The van der Waals surface area contributed by atoms with Crippen molar-refractivity contribution >= 4 is 0 Å². The van der Waals surface area contributed by atoms with Crippen molar-refractivity contribution < 1.29 is 18.6 Å². The molecule has 0 radical (unpaired) electrons. The average Bonchev–Trinajstić information content (AvgIpc) is 2.04. The summed E-state index contributed by atoms with van der Waals surface area (Å²) < 4.78 is 28.4. The molecular formula is C8H17F2NO2. The third-order valence-electron chi connectivity index (χ3n) is 1.59. The van der Waals surface area contributed by atoms with Crippen molar-refractivity contribution in [1.82, 2.24) is 5.32 Å². The first-order valence-electron chi connectivity index (χ1n) is 4.23. The molecule has 0 aromatic rings. The van der Waals surface area contributed by atoms with Gasteiger partial charge in [-0.05, 0) is 12.5 Å². The Kier molecular flexibility index (Phi) is 7.03. The zero-order valence-electron chi connectivity index (χ0n) is 7.96. The average molecular weight is 197 g/mol. The van der Waals surface area contributed by atoms with Crippen LogP contribution in [0.15, 0.2) is 0 Å². The smallest absolute Gasteiger partial charge is 0.265 e. The zero-order valence-corrected chi connectivity index (χ0v) is 7.96. The first-order valence-corrected chi connectivity index (χ1v) is 4.23. The maximum Gasteiger partial charge on any atom is 0.265 e. The summed E-state index contributed by atoms with van der Waals surface area (Å²) >= 11 is 0. The molecule has 0 aliphatic rings. The number of ether oxygens (including phenoxy) is 1. The van der Waals surface area contributed by atoms with Crippen LogP contribution in [0.1, 0.15) is 6.92 Å². The lowest BCUT2D eigenvalue weighted by Crippen LogP contribution is -2.35. The van der Waals surface area contributed by atoms with Gasteiger partial charge in [-0.3, -0.25) is 0 Å². The van der Waals surface area contributed by atoms with E-state index in [1.54, 1.807) is 7.11 Å². The van der Waals surface area contributed by atoms with Gasteiger partial charge in [0.1, 0.15) is 6.10 Å². The Morgan fingerprint density at radius 2 is 2.00 bits per heavy atom. The minimum Gasteiger partial charge on any atom is -0.386 e. The van der Waals surface area contributed by atoms with Gasteiger partial charge in [0.2, 0.25) is 0 Å². The number of hydrogen-bond acceptors (Lipinski definition) is 3. The monoisotopic (exact) mass is 197 g/mol. The first-order chi connectivity index (χ1) is 6.07. The van der Waals surface area contributed by atoms with Crippen LogP contribution in [-0.4, -0.2) is 44.4 Å². The summed E-state index contributed by atoms with van der Waals surface area (Å²) in [5.74, 6) is 0.259. The number of methoxy groups -OCH3 is 1. The van der Waals surface area contributed by atoms with Gasteiger partial charge in [-0.15, -0.1) is 0 Å². The Balaban J connectivity index is 3.33. The third-order valence-corrected chi connectivity index (χ3v) is 1.59. The lowest BCUT2D eigenvalue weighted by Gasteiger charge is -2.14. The molecule has 5 heteroatoms. The van der Waals surface area contributed by atoms with E-state index in [0.717, 1.165) is 0 Å². The van der Waals surface area contributed by atoms with Crippen molar-refractivity contribution in [3.05, 3.63) is 0 Å². The second-order valence-corrected chi connectivity index (χ2v) is 3.12. The molecule has 0 aromatic heterocycles. The number of hydrogen-bond donors (Lipinski definition) is 2. The lowest BCUT2D eigenvalue weighted by molar-refractivity contribution is -0.00391. The van der Waals surface area contributed by atoms with E-state index in [2.05, 4.69) is 5.32 Å². The van der Waals surface area contributed by atoms with Gasteiger partial charge in [-0.1, -0.05) is 6.92 Å². The van der Waals surface area contributed by atoms with E-state index in [4.69, 9.17) is 9.84 Å². The van der Waals surface area contributed by atoms with E-state index in [0.29, 0.717) is 13.2 Å². The number of halogens is 2. The van der Waals surface area contributed by atoms with Crippen LogP contribution in [0.5, 0.6) is 0 Å². The van der Waals surface area contributed by atoms with Gasteiger partial charge >= 0.3 is 0 Å². The van der Waals surface area contributed by atoms with E-state index < -0.39 is 12.5 Å². The Morgan fingerprint density at radius 3 is 2.46 bits per heavy atom. The van der Waals surface area contributed by atoms with Crippen molar-refractivity contribution in [1.29, 1.82) is 0 Å². The molecule has 2 atom stereocenters. The van der Waals surface area contributed by atoms with Crippen molar-refractivity contribution in [3.8, 4) is 0 Å². The number of alkyl halides is 2. The van der Waals surface area contributed by atoms with Gasteiger partial charge in [-0.2, -0.15) is 0 Å². The van der Waals surface area contributed by atoms with Gasteiger partial charge in [0, 0.05) is 20.3 Å². The van der Waals surface area contributed by atoms with E-state index >= 15 is 0 Å². The van der Waals surface area contributed by atoms with Gasteiger partial charge in [0.15, 0.2) is 0 Å². The van der Waals surface area contributed by atoms with Gasteiger partial charge < -0.3 is 15.2 Å². The standard InChI is InChI=1S/C8H17F2NO2/c1-6(5-13-2)3-11-4-7(12)8(9)10/h6-8,11-12H,3-5H2,1-2H3. The molecule has 0 fully saturated rings. The second-order valence-electron chi connectivity index (χ2n) is 3.12. The highest BCUT2D eigenvalue weighted by atomic mass is 19.3. The van der Waals surface area contributed by atoms with Crippen LogP contribution in [0.4, 0.5) is 8.78 Å². The van der Waals surface area contributed by atoms with Crippen LogP contribution in [0, 0.1) is 5.92 Å². The second kappa shape index (κ2) is 7.17. The maximum atomic E-state index is 11.8. The highest BCUT2D eigenvalue weighted by Crippen LogP contribution is 1.99. The molecule has 2 N–H and O–H groups in total. The molecular weight excluding hydrogens is 180 g/mol. The van der Waals surface area contributed by atoms with E-state index in [-0.39, 0.29) is 12.5 Å². The molecule has 0 aliphatic heterocycles. The van der Waals surface area contributed by atoms with Gasteiger partial charge in [0.05, 0.1) is 0 Å². The van der Waals surface area contributed by atoms with Gasteiger partial charge in [-0.25, -0.2) is 8.78 Å². The summed E-state index contributed by atoms with van der Waals surface area (Å²) in [6.45, 7) is 3.01. The van der Waals surface area contributed by atoms with E-state index in [1.807, 2.05) is 6.92 Å². The molecule has 0 aromatic carbocycles. The molecule has 2 unspecified atom stereocenters. The molecule has 0 amide bonds. The summed E-state index contributed by atoms with van der Waals surface area (Å²) in [5.41, 5.74) is 0. The number of rotatable bonds is 7. The molecule has 0 heterocycles. The Morgan fingerprint density at radius 1 is 1.38 bits per heavy atom. The first kappa shape index (κ1) is 12.7. The quantitative estimate of drug-likeness (QED) is 0.624. The van der Waals surface area contributed by atoms with E-state index in [9.17, 15) is 8.78 Å². The molecule has 0 rings (SSSR count). The fourth-order valence-corrected chi connectivity index (χ4v) is 0.910. The van der Waals surface area contributed by atoms with Crippen molar-refractivity contribution in [3.63, 3.8) is 0 Å². The van der Waals surface area contributed by atoms with Crippen molar-refractivity contribution in [2.45, 2.75) is 19.5 Å². The molecule has 3 nitrogen and oxygen atoms in total. The normalized spacial score (nSPS) is 16.2. The molecule has 0 aliphatic carbocycles. The van der Waals surface area contributed by atoms with Crippen LogP contribution in [0.25, 0.3) is 0 Å². The highest BCUT2D eigenvalue weighted by Gasteiger charge is 2.15. The molecule has 0 saturated heterocycles. The summed E-state index contributed by atoms with van der Waals surface area (Å²) in [6, 6.07) is 0. The highest BCUT2D eigenvalue weighted by molar-refractivity contribution is 4.63.